The first-order valence-corrected chi connectivity index (χ1v) is 6.29. The van der Waals surface area contributed by atoms with Crippen LogP contribution in [-0.2, 0) is 6.42 Å². The molecule has 0 saturated carbocycles. The number of aromatic nitrogens is 1. The fraction of sp³-hybridized carbons (Fsp3) is 0.250. The molecule has 2 rings (SSSR count). The van der Waals surface area contributed by atoms with Crippen LogP contribution in [0.1, 0.15) is 22.3 Å². The van der Waals surface area contributed by atoms with E-state index in [2.05, 4.69) is 10.4 Å². The van der Waals surface area contributed by atoms with Crippen molar-refractivity contribution in [3.63, 3.8) is 0 Å². The second-order valence-electron chi connectivity index (χ2n) is 3.98. The predicted octanol–water partition coefficient (Wildman–Crippen LogP) is 2.48. The van der Waals surface area contributed by atoms with E-state index in [0.717, 1.165) is 16.8 Å². The van der Waals surface area contributed by atoms with Gasteiger partial charge in [-0.15, -0.1) is 11.3 Å². The largest absolute Gasteiger partial charge is 0.271 e. The smallest absolute Gasteiger partial charge is 0.126 e. The Hall–Kier alpha value is -1.37. The number of aryl methyl sites for hydroxylation is 1. The van der Waals surface area contributed by atoms with Crippen LogP contribution >= 0.6 is 11.3 Å². The van der Waals surface area contributed by atoms with Gasteiger partial charge in [-0.05, 0) is 24.6 Å². The maximum absolute atomic E-state index is 13.1. The fourth-order valence-electron chi connectivity index (χ4n) is 1.76. The minimum absolute atomic E-state index is 0.364. The van der Waals surface area contributed by atoms with Crippen molar-refractivity contribution in [2.75, 3.05) is 0 Å². The monoisotopic (exact) mass is 269 g/mol. The Morgan fingerprint density at radius 1 is 1.33 bits per heavy atom. The Morgan fingerprint density at radius 2 is 2.00 bits per heavy atom. The van der Waals surface area contributed by atoms with Crippen molar-refractivity contribution in [2.45, 2.75) is 19.4 Å². The van der Waals surface area contributed by atoms with Crippen molar-refractivity contribution in [2.24, 2.45) is 5.84 Å². The summed E-state index contributed by atoms with van der Waals surface area (Å²) in [5.74, 6) is 4.22. The zero-order valence-corrected chi connectivity index (χ0v) is 10.6. The van der Waals surface area contributed by atoms with Crippen molar-refractivity contribution in [3.8, 4) is 0 Å². The zero-order chi connectivity index (χ0) is 13.1. The van der Waals surface area contributed by atoms with E-state index in [1.807, 2.05) is 12.3 Å². The van der Waals surface area contributed by atoms with Gasteiger partial charge in [0.15, 0.2) is 0 Å². The topological polar surface area (TPSA) is 50.9 Å². The van der Waals surface area contributed by atoms with Gasteiger partial charge in [-0.25, -0.2) is 13.8 Å². The molecule has 1 aromatic heterocycles. The molecule has 0 spiro atoms. The van der Waals surface area contributed by atoms with Gasteiger partial charge < -0.3 is 0 Å². The first kappa shape index (κ1) is 13.1. The Balaban J connectivity index is 2.22. The average molecular weight is 269 g/mol. The molecular formula is C12H13F2N3S. The number of hydrogen-bond acceptors (Lipinski definition) is 4. The number of thiazole rings is 1. The second-order valence-corrected chi connectivity index (χ2v) is 5.05. The van der Waals surface area contributed by atoms with E-state index >= 15 is 0 Å². The van der Waals surface area contributed by atoms with Crippen LogP contribution in [0.15, 0.2) is 23.6 Å². The molecule has 6 heteroatoms. The van der Waals surface area contributed by atoms with Crippen LogP contribution in [0.5, 0.6) is 0 Å². The molecule has 0 amide bonds. The molecule has 0 fully saturated rings. The summed E-state index contributed by atoms with van der Waals surface area (Å²) in [4.78, 5) is 4.30. The van der Waals surface area contributed by atoms with Crippen molar-refractivity contribution < 1.29 is 8.78 Å². The highest BCUT2D eigenvalue weighted by atomic mass is 32.1. The molecule has 0 aliphatic carbocycles. The molecule has 18 heavy (non-hydrogen) atoms. The maximum atomic E-state index is 13.1. The van der Waals surface area contributed by atoms with E-state index in [4.69, 9.17) is 5.84 Å². The number of nitrogens with zero attached hydrogens (tertiary/aromatic N) is 1. The Bertz CT molecular complexity index is 522. The third-order valence-corrected chi connectivity index (χ3v) is 3.39. The van der Waals surface area contributed by atoms with Gasteiger partial charge in [0.25, 0.3) is 0 Å². The van der Waals surface area contributed by atoms with Crippen molar-refractivity contribution >= 4 is 11.3 Å². The van der Waals surface area contributed by atoms with Gasteiger partial charge in [-0.3, -0.25) is 11.3 Å². The molecule has 1 atom stereocenters. The molecular weight excluding hydrogens is 256 g/mol. The van der Waals surface area contributed by atoms with Crippen LogP contribution < -0.4 is 11.3 Å². The van der Waals surface area contributed by atoms with Crippen molar-refractivity contribution in [3.05, 3.63) is 51.5 Å². The molecule has 0 aliphatic rings. The van der Waals surface area contributed by atoms with Crippen LogP contribution in [0.25, 0.3) is 0 Å². The number of hydrogen-bond donors (Lipinski definition) is 2. The van der Waals surface area contributed by atoms with Crippen LogP contribution in [-0.4, -0.2) is 4.98 Å². The second kappa shape index (κ2) is 5.51. The lowest BCUT2D eigenvalue weighted by Crippen LogP contribution is -2.29. The highest BCUT2D eigenvalue weighted by Crippen LogP contribution is 2.21. The number of hydrazine groups is 1. The Kier molecular flexibility index (Phi) is 4.00. The lowest BCUT2D eigenvalue weighted by atomic mass is 10.0. The molecule has 0 radical (unpaired) electrons. The highest BCUT2D eigenvalue weighted by Gasteiger charge is 2.14. The van der Waals surface area contributed by atoms with Gasteiger partial charge >= 0.3 is 0 Å². The van der Waals surface area contributed by atoms with Gasteiger partial charge in [0.05, 0.1) is 16.7 Å². The van der Waals surface area contributed by atoms with Crippen LogP contribution in [0, 0.1) is 18.6 Å². The highest BCUT2D eigenvalue weighted by molar-refractivity contribution is 7.09. The summed E-state index contributed by atoms with van der Waals surface area (Å²) >= 11 is 1.53. The minimum atomic E-state index is -0.611. The quantitative estimate of drug-likeness (QED) is 0.662. The van der Waals surface area contributed by atoms with Gasteiger partial charge in [-0.1, -0.05) is 0 Å². The average Bonchev–Trinajstić information content (AvgIpc) is 2.70. The van der Waals surface area contributed by atoms with E-state index in [-0.39, 0.29) is 6.04 Å². The van der Waals surface area contributed by atoms with E-state index < -0.39 is 11.6 Å². The summed E-state index contributed by atoms with van der Waals surface area (Å²) < 4.78 is 26.3. The molecule has 3 nitrogen and oxygen atoms in total. The van der Waals surface area contributed by atoms with Gasteiger partial charge in [-0.2, -0.15) is 0 Å². The van der Waals surface area contributed by atoms with E-state index in [1.54, 1.807) is 0 Å². The SMILES string of the molecule is Cc1nc(CC(NN)c2cc(F)cc(F)c2)cs1. The molecule has 1 heterocycles. The van der Waals surface area contributed by atoms with Gasteiger partial charge in [0, 0.05) is 17.9 Å². The van der Waals surface area contributed by atoms with Crippen molar-refractivity contribution in [1.82, 2.24) is 10.4 Å². The first-order valence-electron chi connectivity index (χ1n) is 5.41. The normalized spacial score (nSPS) is 12.7. The Labute approximate surface area is 108 Å². The summed E-state index contributed by atoms with van der Waals surface area (Å²) in [6.45, 7) is 1.90. The number of rotatable bonds is 4. The molecule has 3 N–H and O–H groups in total. The number of nitrogens with two attached hydrogens (primary N) is 1. The maximum Gasteiger partial charge on any atom is 0.126 e. The third kappa shape index (κ3) is 3.10. The molecule has 0 aliphatic heterocycles. The number of benzene rings is 1. The van der Waals surface area contributed by atoms with Gasteiger partial charge in [0.2, 0.25) is 0 Å². The summed E-state index contributed by atoms with van der Waals surface area (Å²) in [5.41, 5.74) is 3.89. The number of halogens is 2. The third-order valence-electron chi connectivity index (χ3n) is 2.57. The molecule has 96 valence electrons. The van der Waals surface area contributed by atoms with Crippen LogP contribution in [0.4, 0.5) is 8.78 Å². The standard InChI is InChI=1S/C12H13F2N3S/c1-7-16-11(6-18-7)5-12(17-15)8-2-9(13)4-10(14)3-8/h2-4,6,12,17H,5,15H2,1H3. The first-order chi connectivity index (χ1) is 8.58. The summed E-state index contributed by atoms with van der Waals surface area (Å²) in [5, 5.41) is 2.86. The molecule has 0 bridgehead atoms. The predicted molar refractivity (Wildman–Crippen MR) is 67.0 cm³/mol. The fourth-order valence-corrected chi connectivity index (χ4v) is 2.39. The summed E-state index contributed by atoms with van der Waals surface area (Å²) in [6, 6.07) is 3.01. The lowest BCUT2D eigenvalue weighted by molar-refractivity contribution is 0.527. The van der Waals surface area contributed by atoms with E-state index in [1.165, 1.54) is 23.5 Å². The van der Waals surface area contributed by atoms with Crippen LogP contribution in [0.2, 0.25) is 0 Å². The minimum Gasteiger partial charge on any atom is -0.271 e. The summed E-state index contributed by atoms with van der Waals surface area (Å²) in [6.07, 6.45) is 0.490. The molecule has 1 aromatic carbocycles. The van der Waals surface area contributed by atoms with Gasteiger partial charge in [0.1, 0.15) is 11.6 Å². The van der Waals surface area contributed by atoms with Crippen molar-refractivity contribution in [1.29, 1.82) is 0 Å². The van der Waals surface area contributed by atoms with E-state index in [0.29, 0.717) is 12.0 Å². The number of nitrogens with one attached hydrogen (secondary N) is 1. The van der Waals surface area contributed by atoms with Crippen LogP contribution in [0.3, 0.4) is 0 Å². The Morgan fingerprint density at radius 3 is 2.50 bits per heavy atom. The van der Waals surface area contributed by atoms with E-state index in [9.17, 15) is 8.78 Å². The lowest BCUT2D eigenvalue weighted by Gasteiger charge is -2.15. The molecule has 0 saturated heterocycles. The molecule has 2 aromatic rings. The molecule has 1 unspecified atom stereocenters. The zero-order valence-electron chi connectivity index (χ0n) is 9.78. The summed E-state index contributed by atoms with van der Waals surface area (Å²) in [7, 11) is 0.